The van der Waals surface area contributed by atoms with Gasteiger partial charge in [-0.15, -0.1) is 0 Å². The first-order chi connectivity index (χ1) is 30.6. The Labute approximate surface area is 366 Å². The monoisotopic (exact) mass is 898 g/mol. The van der Waals surface area contributed by atoms with Crippen molar-refractivity contribution in [2.45, 2.75) is 57.5 Å². The smallest absolute Gasteiger partial charge is 0.301 e. The van der Waals surface area contributed by atoms with Crippen LogP contribution in [0.4, 0.5) is 24.5 Å². The maximum absolute atomic E-state index is 15.7. The lowest BCUT2D eigenvalue weighted by Crippen LogP contribution is -2.52. The number of aliphatic hydroxyl groups is 1. The van der Waals surface area contributed by atoms with E-state index in [-0.39, 0.29) is 49.7 Å². The highest BCUT2D eigenvalue weighted by Gasteiger charge is 2.40. The van der Waals surface area contributed by atoms with E-state index in [9.17, 15) is 37.1 Å². The summed E-state index contributed by atoms with van der Waals surface area (Å²) >= 11 is 0. The molecule has 19 heteroatoms. The highest BCUT2D eigenvalue weighted by molar-refractivity contribution is 7.90. The summed E-state index contributed by atoms with van der Waals surface area (Å²) in [5.74, 6) is -4.66. The second-order valence-electron chi connectivity index (χ2n) is 16.7. The molecule has 5 aromatic rings. The molecule has 0 saturated carbocycles. The van der Waals surface area contributed by atoms with Gasteiger partial charge in [-0.3, -0.25) is 34.1 Å². The zero-order valence-corrected chi connectivity index (χ0v) is 35.6. The lowest BCUT2D eigenvalue weighted by Gasteiger charge is -2.36. The van der Waals surface area contributed by atoms with Gasteiger partial charge in [-0.05, 0) is 84.8 Å². The molecule has 4 aliphatic rings. The third-order valence-corrected chi connectivity index (χ3v) is 14.2. The number of carbonyl (C=O) groups excluding carboxylic acids is 4. The summed E-state index contributed by atoms with van der Waals surface area (Å²) in [5.41, 5.74) is 3.89. The maximum atomic E-state index is 15.7. The topological polar surface area (TPSA) is 188 Å². The van der Waals surface area contributed by atoms with Crippen LogP contribution in [0.2, 0.25) is 0 Å². The van der Waals surface area contributed by atoms with E-state index in [0.29, 0.717) is 35.1 Å². The van der Waals surface area contributed by atoms with E-state index in [1.165, 1.54) is 11.1 Å². The normalized spacial score (nSPS) is 20.2. The minimum absolute atomic E-state index is 0.00573. The van der Waals surface area contributed by atoms with Crippen molar-refractivity contribution in [3.05, 3.63) is 112 Å². The van der Waals surface area contributed by atoms with Gasteiger partial charge in [0.15, 0.2) is 5.82 Å². The number of piperidine rings is 1. The van der Waals surface area contributed by atoms with Crippen LogP contribution in [0, 0.1) is 18.6 Å². The first-order valence-corrected chi connectivity index (χ1v) is 22.5. The van der Waals surface area contributed by atoms with Gasteiger partial charge in [0.2, 0.25) is 17.6 Å². The van der Waals surface area contributed by atoms with Crippen LogP contribution in [0.3, 0.4) is 0 Å². The van der Waals surface area contributed by atoms with Gasteiger partial charge >= 0.3 is 10.2 Å². The number of nitrogens with zero attached hydrogens (tertiary/aromatic N) is 5. The third kappa shape index (κ3) is 8.23. The van der Waals surface area contributed by atoms with Crippen molar-refractivity contribution >= 4 is 56.1 Å². The van der Waals surface area contributed by atoms with Crippen molar-refractivity contribution in [3.63, 3.8) is 0 Å². The van der Waals surface area contributed by atoms with Gasteiger partial charge in [0.05, 0.1) is 17.4 Å². The van der Waals surface area contributed by atoms with Crippen LogP contribution in [0.25, 0.3) is 22.2 Å². The number of pyridine rings is 1. The minimum Gasteiger partial charge on any atom is -0.388 e. The number of halogens is 3. The number of hydrogen-bond acceptors (Lipinski definition) is 10. The number of fused-ring (bicyclic) bond motifs is 2. The Hall–Kier alpha value is -6.15. The van der Waals surface area contributed by atoms with E-state index in [4.69, 9.17) is 0 Å². The summed E-state index contributed by atoms with van der Waals surface area (Å²) in [6.07, 6.45) is 1.75. The Morgan fingerprint density at radius 2 is 1.75 bits per heavy atom. The molecule has 4 aliphatic heterocycles. The molecule has 334 valence electrons. The largest absolute Gasteiger partial charge is 0.388 e. The molecule has 3 saturated heterocycles. The number of hydrogen-bond donors (Lipinski definition) is 4. The Bertz CT molecular complexity index is 2810. The Balaban J connectivity index is 0.814. The average molecular weight is 899 g/mol. The molecule has 0 spiro atoms. The first kappa shape index (κ1) is 43.1. The zero-order chi connectivity index (χ0) is 45.0. The molecule has 64 heavy (non-hydrogen) atoms. The second kappa shape index (κ2) is 17.1. The highest BCUT2D eigenvalue weighted by Crippen LogP contribution is 2.34. The van der Waals surface area contributed by atoms with Crippen molar-refractivity contribution in [2.24, 2.45) is 0 Å². The molecule has 2 aromatic heterocycles. The molecule has 3 aromatic carbocycles. The number of nitrogens with one attached hydrogen (secondary N) is 3. The fourth-order valence-corrected chi connectivity index (χ4v) is 10.4. The van der Waals surface area contributed by atoms with Gasteiger partial charge in [0.1, 0.15) is 23.7 Å². The molecular formula is C45H45F3N8O7S. The molecule has 0 radical (unpaired) electrons. The number of alkyl halides is 1. The summed E-state index contributed by atoms with van der Waals surface area (Å²) in [5, 5.41) is 13.9. The lowest BCUT2D eigenvalue weighted by atomic mass is 9.95. The summed E-state index contributed by atoms with van der Waals surface area (Å²) in [7, 11) is -4.37. The van der Waals surface area contributed by atoms with E-state index in [1.807, 2.05) is 42.0 Å². The first-order valence-electron chi connectivity index (χ1n) is 21.1. The number of anilines is 2. The van der Waals surface area contributed by atoms with Gasteiger partial charge in [-0.1, -0.05) is 18.2 Å². The van der Waals surface area contributed by atoms with E-state index in [2.05, 4.69) is 25.1 Å². The van der Waals surface area contributed by atoms with Crippen LogP contribution in [0.15, 0.2) is 67.0 Å². The van der Waals surface area contributed by atoms with E-state index >= 15 is 8.78 Å². The number of ketones is 1. The fourth-order valence-electron chi connectivity index (χ4n) is 9.09. The van der Waals surface area contributed by atoms with Crippen LogP contribution in [-0.2, 0) is 26.3 Å². The van der Waals surface area contributed by atoms with Gasteiger partial charge in [-0.25, -0.2) is 18.2 Å². The van der Waals surface area contributed by atoms with Crippen LogP contribution in [0.1, 0.15) is 74.8 Å². The average Bonchev–Trinajstić information content (AvgIpc) is 4.00. The molecule has 0 unspecified atom stereocenters. The molecule has 9 rings (SSSR count). The Kier molecular flexibility index (Phi) is 11.5. The van der Waals surface area contributed by atoms with Gasteiger partial charge < -0.3 is 19.9 Å². The number of aryl methyl sites for hydroxylation is 1. The molecule has 3 atom stereocenters. The zero-order valence-electron chi connectivity index (χ0n) is 34.7. The Morgan fingerprint density at radius 3 is 2.47 bits per heavy atom. The van der Waals surface area contributed by atoms with Gasteiger partial charge in [0, 0.05) is 98.9 Å². The number of benzene rings is 3. The van der Waals surface area contributed by atoms with Crippen LogP contribution >= 0.6 is 0 Å². The third-order valence-electron chi connectivity index (χ3n) is 12.7. The second-order valence-corrected chi connectivity index (χ2v) is 18.4. The number of aromatic nitrogens is 2. The Morgan fingerprint density at radius 1 is 0.984 bits per heavy atom. The fraction of sp³-hybridized carbons (Fsp3) is 0.356. The van der Waals surface area contributed by atoms with Crippen LogP contribution in [0.5, 0.6) is 0 Å². The number of rotatable bonds is 12. The number of imide groups is 1. The van der Waals surface area contributed by atoms with Crippen molar-refractivity contribution in [2.75, 3.05) is 55.4 Å². The quantitative estimate of drug-likeness (QED) is 0.101. The van der Waals surface area contributed by atoms with Gasteiger partial charge in [0.25, 0.3) is 5.91 Å². The number of aromatic amines is 1. The molecule has 0 bridgehead atoms. The number of amides is 3. The summed E-state index contributed by atoms with van der Waals surface area (Å²) in [4.78, 5) is 64.4. The van der Waals surface area contributed by atoms with E-state index < -0.39 is 69.6 Å². The predicted octanol–water partition coefficient (Wildman–Crippen LogP) is 4.75. The van der Waals surface area contributed by atoms with Crippen molar-refractivity contribution in [1.29, 1.82) is 0 Å². The van der Waals surface area contributed by atoms with E-state index in [1.54, 1.807) is 18.3 Å². The highest BCUT2D eigenvalue weighted by atomic mass is 32.2. The standard InChI is InChI=1S/C45H45F3N8O7S/c1-25-18-32-28(23-56(45(32)61)37-8-9-39(58)51-44(37)60)20-31(25)38(57)11-12-53-14-16-54(17-15-53)30-4-2-26(3-5-30)27-19-33-34(22-50-43(33)49-21-27)42(59)40-35(47)6-7-36(41(40)48)52-64(62,63)55-13-10-29(46)24-55/h2-7,18-22,29,37-38,52,57H,8-17,23-24H2,1H3,(H,49,50)(H,51,58,60)/t29-,37-,38+/m1/s1. The van der Waals surface area contributed by atoms with Crippen molar-refractivity contribution in [1.82, 2.24) is 29.4 Å². The van der Waals surface area contributed by atoms with Crippen LogP contribution in [-0.4, -0.2) is 119 Å². The summed E-state index contributed by atoms with van der Waals surface area (Å²) in [6, 6.07) is 14.1. The number of aliphatic hydroxyl groups excluding tert-OH is 1. The maximum Gasteiger partial charge on any atom is 0.301 e. The van der Waals surface area contributed by atoms with E-state index in [0.717, 1.165) is 70.6 Å². The molecule has 3 amide bonds. The molecule has 0 aliphatic carbocycles. The van der Waals surface area contributed by atoms with Gasteiger partial charge in [-0.2, -0.15) is 12.7 Å². The number of piperazine rings is 1. The SMILES string of the molecule is Cc1cc2c(cc1[C@@H](O)CCN1CCN(c3ccc(-c4cnc5[nH]cc(C(=O)c6c(F)ccc(NS(=O)(=O)N7CC[C@@H](F)C7)c6F)c5c4)cc3)CC1)CN([C@@H]1CCC(=O)NC1=O)C2=O. The summed E-state index contributed by atoms with van der Waals surface area (Å²) in [6.45, 7) is 5.31. The molecular weight excluding hydrogens is 854 g/mol. The predicted molar refractivity (Wildman–Crippen MR) is 230 cm³/mol. The molecule has 15 nitrogen and oxygen atoms in total. The van der Waals surface area contributed by atoms with Crippen LogP contribution < -0.4 is 14.9 Å². The molecule has 3 fully saturated rings. The number of H-pyrrole nitrogens is 1. The number of carbonyl (C=O) groups is 4. The lowest BCUT2D eigenvalue weighted by molar-refractivity contribution is -0.136. The summed E-state index contributed by atoms with van der Waals surface area (Å²) < 4.78 is 73.0. The van der Waals surface area contributed by atoms with Crippen molar-refractivity contribution < 1.29 is 45.9 Å². The molecule has 6 heterocycles. The van der Waals surface area contributed by atoms with Crippen molar-refractivity contribution in [3.8, 4) is 11.1 Å². The molecule has 4 N–H and O–H groups in total. The minimum atomic E-state index is -4.37.